The van der Waals surface area contributed by atoms with E-state index in [-0.39, 0.29) is 27.9 Å². The zero-order chi connectivity index (χ0) is 25.7. The van der Waals surface area contributed by atoms with Crippen molar-refractivity contribution in [3.05, 3.63) is 99.4 Å². The summed E-state index contributed by atoms with van der Waals surface area (Å²) in [5.74, 6) is -0.743. The molecule has 3 aromatic rings. The highest BCUT2D eigenvalue weighted by Crippen LogP contribution is 2.33. The number of carbonyl (C=O) groups excluding carboxylic acids is 3. The number of aromatic nitrogens is 1. The largest absolute Gasteiger partial charge is 0.469 e. The summed E-state index contributed by atoms with van der Waals surface area (Å²) < 4.78 is 4.89. The van der Waals surface area contributed by atoms with E-state index in [1.54, 1.807) is 24.3 Å². The van der Waals surface area contributed by atoms with Gasteiger partial charge in [-0.15, -0.1) is 0 Å². The molecule has 0 aliphatic heterocycles. The number of nitrogens with one attached hydrogen (secondary N) is 2. The number of hydrogen-bond acceptors (Lipinski definition) is 6. The lowest BCUT2D eigenvalue weighted by atomic mass is 9.99. The topological polar surface area (TPSA) is 97.4 Å². The van der Waals surface area contributed by atoms with Gasteiger partial charge in [0.05, 0.1) is 35.3 Å². The molecule has 1 aliphatic rings. The van der Waals surface area contributed by atoms with E-state index in [1.807, 2.05) is 30.3 Å². The zero-order valence-electron chi connectivity index (χ0n) is 19.4. The van der Waals surface area contributed by atoms with E-state index >= 15 is 0 Å². The number of halogens is 2. The van der Waals surface area contributed by atoms with Crippen LogP contribution in [0.15, 0.2) is 72.7 Å². The van der Waals surface area contributed by atoms with Gasteiger partial charge in [0.15, 0.2) is 5.78 Å². The van der Waals surface area contributed by atoms with Gasteiger partial charge >= 0.3 is 5.97 Å². The zero-order valence-corrected chi connectivity index (χ0v) is 20.9. The summed E-state index contributed by atoms with van der Waals surface area (Å²) in [4.78, 5) is 41.5. The van der Waals surface area contributed by atoms with E-state index in [1.165, 1.54) is 19.5 Å². The Balaban J connectivity index is 1.59. The lowest BCUT2D eigenvalue weighted by molar-refractivity contribution is -0.141. The minimum absolute atomic E-state index is 0.0457. The van der Waals surface area contributed by atoms with E-state index in [9.17, 15) is 14.4 Å². The molecule has 2 N–H and O–H groups in total. The van der Waals surface area contributed by atoms with Gasteiger partial charge in [0, 0.05) is 35.6 Å². The molecule has 1 unspecified atom stereocenters. The van der Waals surface area contributed by atoms with Crippen molar-refractivity contribution < 1.29 is 19.1 Å². The fraction of sp³-hybridized carbons (Fsp3) is 0.185. The Morgan fingerprint density at radius 3 is 2.31 bits per heavy atom. The normalized spacial score (nSPS) is 13.9. The summed E-state index contributed by atoms with van der Waals surface area (Å²) >= 11 is 12.2. The van der Waals surface area contributed by atoms with Crippen molar-refractivity contribution in [2.24, 2.45) is 0 Å². The van der Waals surface area contributed by atoms with Crippen LogP contribution in [0.25, 0.3) is 5.57 Å². The highest BCUT2D eigenvalue weighted by atomic mass is 35.5. The number of nitrogens with zero attached hydrogens (tertiary/aromatic N) is 1. The number of ether oxygens (including phenoxy) is 1. The van der Waals surface area contributed by atoms with Gasteiger partial charge < -0.3 is 15.4 Å². The van der Waals surface area contributed by atoms with Crippen LogP contribution >= 0.6 is 23.2 Å². The molecule has 4 rings (SSSR count). The summed E-state index contributed by atoms with van der Waals surface area (Å²) in [6.45, 7) is 0. The maximum Gasteiger partial charge on any atom is 0.307 e. The Bertz CT molecular complexity index is 1300. The molecule has 7 nitrogen and oxygen atoms in total. The van der Waals surface area contributed by atoms with Crippen LogP contribution in [0.1, 0.15) is 46.8 Å². The summed E-state index contributed by atoms with van der Waals surface area (Å²) in [7, 11) is 1.33. The van der Waals surface area contributed by atoms with E-state index < -0.39 is 17.9 Å². The molecule has 0 saturated carbocycles. The van der Waals surface area contributed by atoms with Crippen LogP contribution in [0.5, 0.6) is 0 Å². The second kappa shape index (κ2) is 11.4. The summed E-state index contributed by atoms with van der Waals surface area (Å²) in [5.41, 5.74) is 3.66. The molecule has 0 radical (unpaired) electrons. The lowest BCUT2D eigenvalue weighted by Gasteiger charge is -2.21. The first-order chi connectivity index (χ1) is 17.4. The first-order valence-electron chi connectivity index (χ1n) is 11.2. The lowest BCUT2D eigenvalue weighted by Crippen LogP contribution is -2.24. The molecule has 2 aromatic carbocycles. The van der Waals surface area contributed by atoms with Gasteiger partial charge in [0.25, 0.3) is 5.91 Å². The summed E-state index contributed by atoms with van der Waals surface area (Å²) in [5, 5.41) is 6.54. The maximum absolute atomic E-state index is 12.8. The fourth-order valence-corrected chi connectivity index (χ4v) is 4.50. The molecular formula is C27H23Cl2N3O4. The maximum atomic E-state index is 12.8. The van der Waals surface area contributed by atoms with Crippen LogP contribution in [0.2, 0.25) is 10.0 Å². The second-order valence-electron chi connectivity index (χ2n) is 8.17. The van der Waals surface area contributed by atoms with Crippen molar-refractivity contribution in [3.63, 3.8) is 0 Å². The van der Waals surface area contributed by atoms with Crippen molar-refractivity contribution in [1.29, 1.82) is 0 Å². The monoisotopic (exact) mass is 523 g/mol. The minimum Gasteiger partial charge on any atom is -0.469 e. The molecule has 1 heterocycles. The standard InChI is InChI=1S/C27H23Cl2N3O4/c1-36-24(34)13-22(31-21-11-12-23(33)25(21)17-5-3-2-4-6-17)16-7-9-18(10-8-16)27(35)32-26-19(28)14-30-15-20(26)29/h2-10,14-15,22,31H,11-13H2,1H3,(H,30,32,35). The Morgan fingerprint density at radius 2 is 1.67 bits per heavy atom. The quantitative estimate of drug-likeness (QED) is 0.372. The molecular weight excluding hydrogens is 501 g/mol. The van der Waals surface area contributed by atoms with Crippen LogP contribution in [0.3, 0.4) is 0 Å². The average molecular weight is 524 g/mol. The predicted molar refractivity (Wildman–Crippen MR) is 139 cm³/mol. The summed E-state index contributed by atoms with van der Waals surface area (Å²) in [6, 6.07) is 15.8. The van der Waals surface area contributed by atoms with Crippen molar-refractivity contribution in [2.45, 2.75) is 25.3 Å². The number of benzene rings is 2. The second-order valence-corrected chi connectivity index (χ2v) is 8.99. The highest BCUT2D eigenvalue weighted by molar-refractivity contribution is 6.39. The molecule has 1 amide bonds. The molecule has 184 valence electrons. The number of anilines is 1. The molecule has 0 bridgehead atoms. The number of pyridine rings is 1. The fourth-order valence-electron chi connectivity index (χ4n) is 4.04. The van der Waals surface area contributed by atoms with Gasteiger partial charge in [-0.2, -0.15) is 0 Å². The van der Waals surface area contributed by atoms with Crippen LogP contribution in [0.4, 0.5) is 5.69 Å². The molecule has 1 aromatic heterocycles. The van der Waals surface area contributed by atoms with Crippen molar-refractivity contribution >= 4 is 52.1 Å². The van der Waals surface area contributed by atoms with Crippen molar-refractivity contribution in [2.75, 3.05) is 12.4 Å². The van der Waals surface area contributed by atoms with Gasteiger partial charge in [0.1, 0.15) is 0 Å². The Morgan fingerprint density at radius 1 is 1.00 bits per heavy atom. The third-order valence-electron chi connectivity index (χ3n) is 5.86. The van der Waals surface area contributed by atoms with Gasteiger partial charge in [-0.3, -0.25) is 19.4 Å². The SMILES string of the molecule is COC(=O)CC(NC1=C(c2ccccc2)C(=O)CC1)c1ccc(C(=O)Nc2c(Cl)cncc2Cl)cc1. The number of amides is 1. The average Bonchev–Trinajstić information content (AvgIpc) is 3.26. The number of carbonyl (C=O) groups is 3. The summed E-state index contributed by atoms with van der Waals surface area (Å²) in [6.07, 6.45) is 3.78. The van der Waals surface area contributed by atoms with E-state index in [0.29, 0.717) is 24.0 Å². The van der Waals surface area contributed by atoms with Gasteiger partial charge in [-0.1, -0.05) is 65.7 Å². The molecule has 0 saturated heterocycles. The molecule has 0 fully saturated rings. The van der Waals surface area contributed by atoms with Gasteiger partial charge in [-0.05, 0) is 29.7 Å². The number of hydrogen-bond donors (Lipinski definition) is 2. The Hall–Kier alpha value is -3.68. The third kappa shape index (κ3) is 5.75. The molecule has 0 spiro atoms. The van der Waals surface area contributed by atoms with Crippen LogP contribution < -0.4 is 10.6 Å². The van der Waals surface area contributed by atoms with Crippen LogP contribution in [0, 0.1) is 0 Å². The smallest absolute Gasteiger partial charge is 0.307 e. The third-order valence-corrected chi connectivity index (χ3v) is 6.43. The Labute approximate surface area is 218 Å². The van der Waals surface area contributed by atoms with Gasteiger partial charge in [0.2, 0.25) is 0 Å². The highest BCUT2D eigenvalue weighted by Gasteiger charge is 2.27. The molecule has 9 heteroatoms. The van der Waals surface area contributed by atoms with Gasteiger partial charge in [-0.25, -0.2) is 0 Å². The van der Waals surface area contributed by atoms with Crippen molar-refractivity contribution in [1.82, 2.24) is 10.3 Å². The number of ketones is 1. The van der Waals surface area contributed by atoms with E-state index in [0.717, 1.165) is 16.8 Å². The number of allylic oxidation sites excluding steroid dienone is 2. The van der Waals surface area contributed by atoms with Crippen molar-refractivity contribution in [3.8, 4) is 0 Å². The van der Waals surface area contributed by atoms with E-state index in [2.05, 4.69) is 15.6 Å². The molecule has 36 heavy (non-hydrogen) atoms. The first-order valence-corrected chi connectivity index (χ1v) is 12.0. The molecule has 1 aliphatic carbocycles. The van der Waals surface area contributed by atoms with Crippen LogP contribution in [-0.4, -0.2) is 29.8 Å². The number of Topliss-reactive ketones (excluding diaryl/α,β-unsaturated/α-hetero) is 1. The van der Waals surface area contributed by atoms with Crippen LogP contribution in [-0.2, 0) is 14.3 Å². The molecule has 1 atom stereocenters. The number of rotatable bonds is 8. The predicted octanol–water partition coefficient (Wildman–Crippen LogP) is 5.61. The minimum atomic E-state index is -0.460. The van der Waals surface area contributed by atoms with E-state index in [4.69, 9.17) is 27.9 Å². The number of esters is 1. The first kappa shape index (κ1) is 25.4. The number of methoxy groups -OCH3 is 1. The Kier molecular flexibility index (Phi) is 8.03.